The monoisotopic (exact) mass is 352 g/mol. The summed E-state index contributed by atoms with van der Waals surface area (Å²) in [7, 11) is -4.08. The molecule has 0 aliphatic carbocycles. The molecule has 0 spiro atoms. The number of alkyl halides is 3. The molecule has 0 aliphatic heterocycles. The summed E-state index contributed by atoms with van der Waals surface area (Å²) in [6.45, 7) is 0.296. The number of benzene rings is 1. The molecular formula is C10H13Cl2F3N2O2S. The van der Waals surface area contributed by atoms with Crippen LogP contribution in [0.5, 0.6) is 0 Å². The van der Waals surface area contributed by atoms with Gasteiger partial charge in [0, 0.05) is 6.54 Å². The van der Waals surface area contributed by atoms with Crippen molar-refractivity contribution in [3.63, 3.8) is 0 Å². The van der Waals surface area contributed by atoms with Crippen LogP contribution < -0.4 is 10.5 Å². The van der Waals surface area contributed by atoms with Gasteiger partial charge < -0.3 is 5.73 Å². The van der Waals surface area contributed by atoms with E-state index in [1.165, 1.54) is 0 Å². The van der Waals surface area contributed by atoms with E-state index in [1.54, 1.807) is 0 Å². The predicted octanol–water partition coefficient (Wildman–Crippen LogP) is 2.41. The lowest BCUT2D eigenvalue weighted by Crippen LogP contribution is -2.26. The molecule has 0 aromatic heterocycles. The molecule has 10 heteroatoms. The van der Waals surface area contributed by atoms with E-state index in [4.69, 9.17) is 17.3 Å². The molecular weight excluding hydrogens is 340 g/mol. The summed E-state index contributed by atoms with van der Waals surface area (Å²) in [5.74, 6) is 0. The van der Waals surface area contributed by atoms with Gasteiger partial charge >= 0.3 is 6.18 Å². The molecule has 20 heavy (non-hydrogen) atoms. The molecule has 1 aromatic rings. The summed E-state index contributed by atoms with van der Waals surface area (Å²) in [6, 6.07) is 2.14. The molecule has 0 saturated carbocycles. The lowest BCUT2D eigenvalue weighted by molar-refractivity contribution is -0.137. The topological polar surface area (TPSA) is 72.2 Å². The van der Waals surface area contributed by atoms with Gasteiger partial charge in [-0.1, -0.05) is 11.6 Å². The Labute approximate surface area is 125 Å². The molecule has 116 valence electrons. The zero-order chi connectivity index (χ0) is 14.7. The molecule has 0 atom stereocenters. The zero-order valence-electron chi connectivity index (χ0n) is 10.1. The van der Waals surface area contributed by atoms with Gasteiger partial charge in [-0.3, -0.25) is 0 Å². The van der Waals surface area contributed by atoms with E-state index < -0.39 is 26.7 Å². The highest BCUT2D eigenvalue weighted by atomic mass is 35.5. The molecule has 0 aliphatic rings. The lowest BCUT2D eigenvalue weighted by atomic mass is 10.2. The van der Waals surface area contributed by atoms with Crippen LogP contribution in [0.3, 0.4) is 0 Å². The van der Waals surface area contributed by atoms with Crippen LogP contribution in [0.4, 0.5) is 13.2 Å². The molecule has 0 bridgehead atoms. The highest BCUT2D eigenvalue weighted by Gasteiger charge is 2.32. The summed E-state index contributed by atoms with van der Waals surface area (Å²) in [4.78, 5) is -0.596. The fraction of sp³-hybridized carbons (Fsp3) is 0.400. The van der Waals surface area contributed by atoms with Crippen molar-refractivity contribution < 1.29 is 21.6 Å². The number of halogens is 5. The predicted molar refractivity (Wildman–Crippen MR) is 72.6 cm³/mol. The first kappa shape index (κ1) is 19.5. The first-order valence-electron chi connectivity index (χ1n) is 5.25. The van der Waals surface area contributed by atoms with Crippen molar-refractivity contribution in [2.75, 3.05) is 13.1 Å². The van der Waals surface area contributed by atoms with Gasteiger partial charge in [0.25, 0.3) is 0 Å². The standard InChI is InChI=1S/C10H12ClF3N2O2S.ClH/c11-8-3-2-7(10(12,13)14)6-9(8)19(17,18)16-5-1-4-15;/h2-3,6,16H,1,4-5,15H2;1H. The molecule has 1 rings (SSSR count). The summed E-state index contributed by atoms with van der Waals surface area (Å²) in [5.41, 5.74) is 4.12. The fourth-order valence-corrected chi connectivity index (χ4v) is 2.87. The summed E-state index contributed by atoms with van der Waals surface area (Å²) in [6.07, 6.45) is -4.26. The Kier molecular flexibility index (Phi) is 7.26. The van der Waals surface area contributed by atoms with Gasteiger partial charge in [0.2, 0.25) is 10.0 Å². The van der Waals surface area contributed by atoms with Gasteiger partial charge in [0.05, 0.1) is 10.6 Å². The van der Waals surface area contributed by atoms with E-state index in [9.17, 15) is 21.6 Å². The highest BCUT2D eigenvalue weighted by Crippen LogP contribution is 2.33. The third-order valence-electron chi connectivity index (χ3n) is 2.22. The zero-order valence-corrected chi connectivity index (χ0v) is 12.5. The minimum atomic E-state index is -4.63. The van der Waals surface area contributed by atoms with Crippen LogP contribution in [-0.4, -0.2) is 21.5 Å². The van der Waals surface area contributed by atoms with E-state index in [0.29, 0.717) is 12.5 Å². The van der Waals surface area contributed by atoms with E-state index in [0.717, 1.165) is 12.1 Å². The minimum Gasteiger partial charge on any atom is -0.330 e. The summed E-state index contributed by atoms with van der Waals surface area (Å²) in [5, 5.41) is -0.270. The maximum atomic E-state index is 12.5. The van der Waals surface area contributed by atoms with Crippen LogP contribution in [0, 0.1) is 0 Å². The average Bonchev–Trinajstić information content (AvgIpc) is 2.27. The molecule has 1 aromatic carbocycles. The first-order chi connectivity index (χ1) is 8.68. The number of nitrogens with one attached hydrogen (secondary N) is 1. The van der Waals surface area contributed by atoms with Gasteiger partial charge in [-0.05, 0) is 31.2 Å². The molecule has 4 nitrogen and oxygen atoms in total. The maximum Gasteiger partial charge on any atom is 0.416 e. The van der Waals surface area contributed by atoms with Crippen molar-refractivity contribution in [2.24, 2.45) is 5.73 Å². The van der Waals surface area contributed by atoms with Crippen LogP contribution in [0.1, 0.15) is 12.0 Å². The van der Waals surface area contributed by atoms with Crippen molar-refractivity contribution in [3.8, 4) is 0 Å². The van der Waals surface area contributed by atoms with Gasteiger partial charge in [-0.25, -0.2) is 13.1 Å². The number of sulfonamides is 1. The van der Waals surface area contributed by atoms with E-state index in [1.807, 2.05) is 0 Å². The SMILES string of the molecule is Cl.NCCCNS(=O)(=O)c1cc(C(F)(F)F)ccc1Cl. The van der Waals surface area contributed by atoms with Crippen LogP contribution in [0.25, 0.3) is 0 Å². The van der Waals surface area contributed by atoms with Crippen LogP contribution >= 0.6 is 24.0 Å². The van der Waals surface area contributed by atoms with Crippen molar-refractivity contribution in [1.82, 2.24) is 4.72 Å². The lowest BCUT2D eigenvalue weighted by Gasteiger charge is -2.11. The van der Waals surface area contributed by atoms with Crippen LogP contribution in [-0.2, 0) is 16.2 Å². The first-order valence-corrected chi connectivity index (χ1v) is 7.11. The summed E-state index contributed by atoms with van der Waals surface area (Å²) < 4.78 is 63.3. The summed E-state index contributed by atoms with van der Waals surface area (Å²) >= 11 is 5.63. The minimum absolute atomic E-state index is 0. The van der Waals surface area contributed by atoms with Crippen LogP contribution in [0.15, 0.2) is 23.1 Å². The largest absolute Gasteiger partial charge is 0.416 e. The Morgan fingerprint density at radius 2 is 1.90 bits per heavy atom. The van der Waals surface area contributed by atoms with Gasteiger partial charge in [-0.15, -0.1) is 12.4 Å². The van der Waals surface area contributed by atoms with E-state index >= 15 is 0 Å². The average molecular weight is 353 g/mol. The van der Waals surface area contributed by atoms with Crippen molar-refractivity contribution in [1.29, 1.82) is 0 Å². The number of hydrogen-bond donors (Lipinski definition) is 2. The second-order valence-electron chi connectivity index (χ2n) is 3.68. The number of rotatable bonds is 5. The van der Waals surface area contributed by atoms with Gasteiger partial charge in [-0.2, -0.15) is 13.2 Å². The number of hydrogen-bond acceptors (Lipinski definition) is 3. The van der Waals surface area contributed by atoms with Crippen molar-refractivity contribution in [3.05, 3.63) is 28.8 Å². The van der Waals surface area contributed by atoms with Crippen LogP contribution in [0.2, 0.25) is 5.02 Å². The Morgan fingerprint density at radius 3 is 2.40 bits per heavy atom. The normalized spacial score (nSPS) is 12.1. The smallest absolute Gasteiger partial charge is 0.330 e. The Morgan fingerprint density at radius 1 is 1.30 bits per heavy atom. The molecule has 0 radical (unpaired) electrons. The third kappa shape index (κ3) is 5.10. The molecule has 0 saturated heterocycles. The van der Waals surface area contributed by atoms with E-state index in [2.05, 4.69) is 4.72 Å². The molecule has 3 N–H and O–H groups in total. The second-order valence-corrected chi connectivity index (χ2v) is 5.83. The number of nitrogens with two attached hydrogens (primary N) is 1. The molecule has 0 heterocycles. The Hall–Kier alpha value is -0.540. The second kappa shape index (κ2) is 7.46. The molecule has 0 unspecified atom stereocenters. The van der Waals surface area contributed by atoms with Crippen molar-refractivity contribution >= 4 is 34.0 Å². The third-order valence-corrected chi connectivity index (χ3v) is 4.16. The van der Waals surface area contributed by atoms with E-state index in [-0.39, 0.29) is 30.5 Å². The molecule has 0 amide bonds. The van der Waals surface area contributed by atoms with Gasteiger partial charge in [0.1, 0.15) is 4.90 Å². The molecule has 0 fully saturated rings. The van der Waals surface area contributed by atoms with Crippen molar-refractivity contribution in [2.45, 2.75) is 17.5 Å². The Bertz CT molecular complexity index is 550. The quantitative estimate of drug-likeness (QED) is 0.799. The Balaban J connectivity index is 0.00000361. The van der Waals surface area contributed by atoms with Gasteiger partial charge in [0.15, 0.2) is 0 Å². The fourth-order valence-electron chi connectivity index (χ4n) is 1.27. The maximum absolute atomic E-state index is 12.5. The highest BCUT2D eigenvalue weighted by molar-refractivity contribution is 7.89.